The van der Waals surface area contributed by atoms with Crippen molar-refractivity contribution in [1.82, 2.24) is 5.32 Å². The first-order valence-corrected chi connectivity index (χ1v) is 11.9. The molecule has 0 heterocycles. The minimum absolute atomic E-state index is 0.161. The molecule has 154 valence electrons. The standard InChI is InChI=1S/C22H25BrN2O3S/c1-17-7-13-21(14-8-17)29(27,28)25(20-11-9-19(23)10-12-20)16-22(26)24-15-18-5-3-2-4-6-18/h5,7-14H,2-4,6,15-16H2,1H3,(H,24,26). The monoisotopic (exact) mass is 476 g/mol. The van der Waals surface area contributed by atoms with E-state index < -0.39 is 10.0 Å². The van der Waals surface area contributed by atoms with Crippen LogP contribution in [-0.2, 0) is 14.8 Å². The quantitative estimate of drug-likeness (QED) is 0.595. The summed E-state index contributed by atoms with van der Waals surface area (Å²) in [4.78, 5) is 12.8. The predicted octanol–water partition coefficient (Wildman–Crippen LogP) is 4.57. The second-order valence-corrected chi connectivity index (χ2v) is 9.96. The van der Waals surface area contributed by atoms with Crippen LogP contribution in [-0.4, -0.2) is 27.4 Å². The molecular formula is C22H25BrN2O3S. The number of carbonyl (C=O) groups excluding carboxylic acids is 1. The van der Waals surface area contributed by atoms with Crippen LogP contribution in [0.5, 0.6) is 0 Å². The molecule has 0 bridgehead atoms. The Morgan fingerprint density at radius 1 is 1.07 bits per heavy atom. The molecule has 3 rings (SSSR count). The molecule has 0 saturated carbocycles. The Balaban J connectivity index is 1.83. The summed E-state index contributed by atoms with van der Waals surface area (Å²) in [7, 11) is -3.88. The number of hydrogen-bond acceptors (Lipinski definition) is 3. The molecule has 1 amide bonds. The summed E-state index contributed by atoms with van der Waals surface area (Å²) in [5.74, 6) is -0.324. The smallest absolute Gasteiger partial charge is 0.264 e. The summed E-state index contributed by atoms with van der Waals surface area (Å²) in [6, 6.07) is 13.5. The van der Waals surface area contributed by atoms with Crippen molar-refractivity contribution in [1.29, 1.82) is 0 Å². The molecule has 0 aliphatic heterocycles. The molecule has 2 aromatic rings. The maximum Gasteiger partial charge on any atom is 0.264 e. The van der Waals surface area contributed by atoms with Gasteiger partial charge in [-0.3, -0.25) is 9.10 Å². The van der Waals surface area contributed by atoms with Gasteiger partial charge in [-0.15, -0.1) is 0 Å². The highest BCUT2D eigenvalue weighted by Gasteiger charge is 2.27. The van der Waals surface area contributed by atoms with E-state index in [1.807, 2.05) is 6.92 Å². The first-order valence-electron chi connectivity index (χ1n) is 9.66. The van der Waals surface area contributed by atoms with E-state index in [0.29, 0.717) is 12.2 Å². The number of carbonyl (C=O) groups is 1. The average molecular weight is 477 g/mol. The highest BCUT2D eigenvalue weighted by atomic mass is 79.9. The summed E-state index contributed by atoms with van der Waals surface area (Å²) in [5.41, 5.74) is 2.62. The number of sulfonamides is 1. The van der Waals surface area contributed by atoms with Crippen LogP contribution in [0, 0.1) is 6.92 Å². The normalized spacial score (nSPS) is 14.2. The fourth-order valence-corrected chi connectivity index (χ4v) is 4.91. The maximum absolute atomic E-state index is 13.3. The van der Waals surface area contributed by atoms with Crippen LogP contribution in [0.2, 0.25) is 0 Å². The van der Waals surface area contributed by atoms with E-state index in [2.05, 4.69) is 27.3 Å². The summed E-state index contributed by atoms with van der Waals surface area (Å²) in [5, 5.41) is 2.87. The lowest BCUT2D eigenvalue weighted by Gasteiger charge is -2.24. The SMILES string of the molecule is Cc1ccc(S(=O)(=O)N(CC(=O)NCC2=CCCCC2)c2ccc(Br)cc2)cc1. The van der Waals surface area contributed by atoms with Crippen molar-refractivity contribution < 1.29 is 13.2 Å². The van der Waals surface area contributed by atoms with E-state index in [4.69, 9.17) is 0 Å². The summed E-state index contributed by atoms with van der Waals surface area (Å²) in [6.07, 6.45) is 6.51. The minimum atomic E-state index is -3.88. The molecule has 7 heteroatoms. The van der Waals surface area contributed by atoms with E-state index >= 15 is 0 Å². The molecule has 0 fully saturated rings. The van der Waals surface area contributed by atoms with Gasteiger partial charge in [-0.1, -0.05) is 45.3 Å². The zero-order valence-electron chi connectivity index (χ0n) is 16.4. The van der Waals surface area contributed by atoms with Gasteiger partial charge in [0.05, 0.1) is 10.6 Å². The fourth-order valence-electron chi connectivity index (χ4n) is 3.22. The van der Waals surface area contributed by atoms with Crippen LogP contribution >= 0.6 is 15.9 Å². The van der Waals surface area contributed by atoms with Crippen LogP contribution < -0.4 is 9.62 Å². The van der Waals surface area contributed by atoms with Crippen LogP contribution in [0.25, 0.3) is 0 Å². The number of nitrogens with one attached hydrogen (secondary N) is 1. The Hall–Kier alpha value is -2.12. The minimum Gasteiger partial charge on any atom is -0.351 e. The Morgan fingerprint density at radius 3 is 2.38 bits per heavy atom. The van der Waals surface area contributed by atoms with Crippen molar-refractivity contribution in [2.45, 2.75) is 37.5 Å². The number of aryl methyl sites for hydroxylation is 1. The average Bonchev–Trinajstić information content (AvgIpc) is 2.72. The van der Waals surface area contributed by atoms with Crippen LogP contribution in [0.3, 0.4) is 0 Å². The highest BCUT2D eigenvalue weighted by molar-refractivity contribution is 9.10. The molecular weight excluding hydrogens is 452 g/mol. The topological polar surface area (TPSA) is 66.5 Å². The predicted molar refractivity (Wildman–Crippen MR) is 119 cm³/mol. The number of hydrogen-bond donors (Lipinski definition) is 1. The number of benzene rings is 2. The van der Waals surface area contributed by atoms with Gasteiger partial charge in [0.15, 0.2) is 0 Å². The maximum atomic E-state index is 13.3. The summed E-state index contributed by atoms with van der Waals surface area (Å²) >= 11 is 3.36. The van der Waals surface area contributed by atoms with E-state index in [0.717, 1.165) is 33.6 Å². The zero-order chi connectivity index (χ0) is 20.9. The number of allylic oxidation sites excluding steroid dienone is 1. The van der Waals surface area contributed by atoms with E-state index in [-0.39, 0.29) is 17.3 Å². The van der Waals surface area contributed by atoms with Gasteiger partial charge in [0.1, 0.15) is 6.54 Å². The third-order valence-electron chi connectivity index (χ3n) is 4.91. The van der Waals surface area contributed by atoms with Gasteiger partial charge < -0.3 is 5.32 Å². The lowest BCUT2D eigenvalue weighted by atomic mass is 10.00. The second kappa shape index (κ2) is 9.59. The van der Waals surface area contributed by atoms with Crippen molar-refractivity contribution in [3.8, 4) is 0 Å². The highest BCUT2D eigenvalue weighted by Crippen LogP contribution is 2.25. The van der Waals surface area contributed by atoms with E-state index in [1.165, 1.54) is 12.0 Å². The van der Waals surface area contributed by atoms with Gasteiger partial charge in [-0.2, -0.15) is 0 Å². The molecule has 2 aromatic carbocycles. The third kappa shape index (κ3) is 5.70. The van der Waals surface area contributed by atoms with Gasteiger partial charge in [0.25, 0.3) is 10.0 Å². The Bertz CT molecular complexity index is 984. The Morgan fingerprint density at radius 2 is 1.76 bits per heavy atom. The number of anilines is 1. The van der Waals surface area contributed by atoms with Crippen LogP contribution in [0.15, 0.2) is 69.5 Å². The van der Waals surface area contributed by atoms with Crippen molar-refractivity contribution in [2.24, 2.45) is 0 Å². The number of nitrogens with zero attached hydrogens (tertiary/aromatic N) is 1. The van der Waals surface area contributed by atoms with Gasteiger partial charge in [0.2, 0.25) is 5.91 Å². The lowest BCUT2D eigenvalue weighted by molar-refractivity contribution is -0.119. The third-order valence-corrected chi connectivity index (χ3v) is 7.23. The van der Waals surface area contributed by atoms with Crippen LogP contribution in [0.1, 0.15) is 31.2 Å². The van der Waals surface area contributed by atoms with Gasteiger partial charge in [-0.05, 0) is 69.0 Å². The molecule has 0 spiro atoms. The number of rotatable bonds is 7. The first-order chi connectivity index (χ1) is 13.9. The van der Waals surface area contributed by atoms with Crippen molar-refractivity contribution in [3.63, 3.8) is 0 Å². The lowest BCUT2D eigenvalue weighted by Crippen LogP contribution is -2.41. The molecule has 0 radical (unpaired) electrons. The van der Waals surface area contributed by atoms with Gasteiger partial charge in [-0.25, -0.2) is 8.42 Å². The molecule has 1 aliphatic rings. The fraction of sp³-hybridized carbons (Fsp3) is 0.318. The van der Waals surface area contributed by atoms with E-state index in [1.54, 1.807) is 48.5 Å². The zero-order valence-corrected chi connectivity index (χ0v) is 18.8. The Kier molecular flexibility index (Phi) is 7.14. The molecule has 0 aromatic heterocycles. The van der Waals surface area contributed by atoms with Gasteiger partial charge in [0, 0.05) is 11.0 Å². The van der Waals surface area contributed by atoms with E-state index in [9.17, 15) is 13.2 Å². The van der Waals surface area contributed by atoms with Crippen molar-refractivity contribution >= 4 is 37.5 Å². The molecule has 0 saturated heterocycles. The molecule has 1 N–H and O–H groups in total. The van der Waals surface area contributed by atoms with Gasteiger partial charge >= 0.3 is 0 Å². The second-order valence-electron chi connectivity index (χ2n) is 7.19. The molecule has 29 heavy (non-hydrogen) atoms. The largest absolute Gasteiger partial charge is 0.351 e. The molecule has 0 atom stereocenters. The summed E-state index contributed by atoms with van der Waals surface area (Å²) in [6.45, 7) is 2.10. The van der Waals surface area contributed by atoms with Crippen LogP contribution in [0.4, 0.5) is 5.69 Å². The number of amides is 1. The van der Waals surface area contributed by atoms with Crippen molar-refractivity contribution in [3.05, 3.63) is 70.2 Å². The molecule has 1 aliphatic carbocycles. The van der Waals surface area contributed by atoms with Crippen molar-refractivity contribution in [2.75, 3.05) is 17.4 Å². The molecule has 0 unspecified atom stereocenters. The summed E-state index contributed by atoms with van der Waals surface area (Å²) < 4.78 is 28.6. The first kappa shape index (κ1) is 21.6. The number of halogens is 1. The Labute approximate surface area is 181 Å². The molecule has 5 nitrogen and oxygen atoms in total.